The number of epoxide rings is 1. The van der Waals surface area contributed by atoms with Gasteiger partial charge in [-0.15, -0.1) is 0 Å². The van der Waals surface area contributed by atoms with Crippen molar-refractivity contribution >= 4 is 5.97 Å². The van der Waals surface area contributed by atoms with E-state index in [1.165, 1.54) is 7.11 Å². The number of carbonyl (C=O) groups is 1. The summed E-state index contributed by atoms with van der Waals surface area (Å²) in [6.07, 6.45) is 1.19. The average molecular weight is 159 g/mol. The fraction of sp³-hybridized carbons (Fsp3) is 0.571. The molecular weight excluding hydrogens is 148 g/mol. The van der Waals surface area contributed by atoms with Crippen molar-refractivity contribution in [3.05, 3.63) is 12.7 Å². The second-order valence-electron chi connectivity index (χ2n) is 1.85. The molecule has 4 heteroatoms. The first-order chi connectivity index (χ1) is 5.24. The average Bonchev–Trinajstić information content (AvgIpc) is 2.86. The minimum Gasteiger partial charge on any atom is -0.466 e. The minimum absolute atomic E-state index is 0.0556. The van der Waals surface area contributed by atoms with Gasteiger partial charge in [-0.2, -0.15) is 0 Å². The van der Waals surface area contributed by atoms with Crippen LogP contribution in [0.4, 0.5) is 0 Å². The number of methoxy groups -OCH3 is 1. The van der Waals surface area contributed by atoms with E-state index < -0.39 is 5.97 Å². The van der Waals surface area contributed by atoms with E-state index in [-0.39, 0.29) is 12.7 Å². The first kappa shape index (κ1) is 10.1. The van der Waals surface area contributed by atoms with Gasteiger partial charge in [0.2, 0.25) is 0 Å². The Bertz CT molecular complexity index is 128. The molecule has 4 nitrogen and oxygen atoms in total. The molecule has 0 aromatic rings. The van der Waals surface area contributed by atoms with Crippen LogP contribution in [0.1, 0.15) is 0 Å². The van der Waals surface area contributed by atoms with Crippen LogP contribution in [0.3, 0.4) is 0 Å². The predicted octanol–water partition coefficient (Wildman–Crippen LogP) is 0.161. The van der Waals surface area contributed by atoms with Crippen LogP contribution < -0.4 is 0 Å². The van der Waals surface area contributed by atoms with Gasteiger partial charge in [0.1, 0.15) is 12.7 Å². The molecule has 0 saturated carbocycles. The molecule has 1 fully saturated rings. The molecule has 0 N–H and O–H groups in total. The fourth-order valence-corrected chi connectivity index (χ4v) is 0.248. The molecule has 63 valence electrons. The van der Waals surface area contributed by atoms with Crippen molar-refractivity contribution in [2.24, 2.45) is 0 Å². The van der Waals surface area contributed by atoms with E-state index in [4.69, 9.17) is 0 Å². The van der Waals surface area contributed by atoms with E-state index in [0.29, 0.717) is 6.61 Å². The first-order valence-electron chi connectivity index (χ1n) is 3.14. The number of carbonyl (C=O) groups excluding carboxylic acids is 1. The molecule has 1 aliphatic heterocycles. The summed E-state index contributed by atoms with van der Waals surface area (Å²) in [6, 6.07) is 0. The summed E-state index contributed by atoms with van der Waals surface area (Å²) in [7, 11) is 1.31. The van der Waals surface area contributed by atoms with Gasteiger partial charge in [-0.3, -0.25) is 0 Å². The number of hydrogen-bond donors (Lipinski definition) is 0. The maximum atomic E-state index is 9.84. The van der Waals surface area contributed by atoms with Gasteiger partial charge in [-0.25, -0.2) is 9.90 Å². The van der Waals surface area contributed by atoms with Crippen LogP contribution in [0.25, 0.3) is 0 Å². The topological polar surface area (TPSA) is 58.7 Å². The third kappa shape index (κ3) is 7.02. The maximum Gasteiger partial charge on any atom is 0.329 e. The van der Waals surface area contributed by atoms with Crippen molar-refractivity contribution in [3.8, 4) is 0 Å². The molecule has 1 aliphatic rings. The van der Waals surface area contributed by atoms with Crippen LogP contribution in [0.2, 0.25) is 0 Å². The number of rotatable bonds is 2. The van der Waals surface area contributed by atoms with E-state index in [9.17, 15) is 9.90 Å². The van der Waals surface area contributed by atoms with E-state index in [1.54, 1.807) is 0 Å². The zero-order chi connectivity index (χ0) is 8.69. The van der Waals surface area contributed by atoms with Crippen LogP contribution in [0, 0.1) is 0 Å². The molecule has 0 spiro atoms. The Balaban J connectivity index is 0.000000183. The first-order valence-corrected chi connectivity index (χ1v) is 3.14. The summed E-state index contributed by atoms with van der Waals surface area (Å²) in [6.45, 7) is 3.80. The van der Waals surface area contributed by atoms with Crippen molar-refractivity contribution < 1.29 is 19.4 Å². The van der Waals surface area contributed by atoms with E-state index >= 15 is 0 Å². The van der Waals surface area contributed by atoms with Crippen LogP contribution in [-0.2, 0) is 19.4 Å². The SMILES string of the molecule is C=CC(=O)OC.[O]CC1CO1. The lowest BCUT2D eigenvalue weighted by Gasteiger charge is -1.83. The fourth-order valence-electron chi connectivity index (χ4n) is 0.248. The summed E-state index contributed by atoms with van der Waals surface area (Å²) in [5.74, 6) is -0.394. The summed E-state index contributed by atoms with van der Waals surface area (Å²) < 4.78 is 8.69. The normalized spacial score (nSPS) is 19.3. The van der Waals surface area contributed by atoms with Gasteiger partial charge >= 0.3 is 5.97 Å². The van der Waals surface area contributed by atoms with Gasteiger partial charge in [-0.05, 0) is 0 Å². The second kappa shape index (κ2) is 5.88. The molecule has 11 heavy (non-hydrogen) atoms. The molecular formula is C7H11O4. The molecule has 0 aliphatic carbocycles. The molecule has 0 amide bonds. The maximum absolute atomic E-state index is 9.84. The molecule has 1 radical (unpaired) electrons. The van der Waals surface area contributed by atoms with Gasteiger partial charge in [0.05, 0.1) is 13.7 Å². The van der Waals surface area contributed by atoms with E-state index in [0.717, 1.165) is 6.08 Å². The molecule has 1 rings (SSSR count). The Morgan fingerprint density at radius 1 is 1.91 bits per heavy atom. The second-order valence-corrected chi connectivity index (χ2v) is 1.85. The highest BCUT2D eigenvalue weighted by molar-refractivity contribution is 5.80. The molecule has 1 heterocycles. The Kier molecular flexibility index (Phi) is 5.42. The highest BCUT2D eigenvalue weighted by Crippen LogP contribution is 2.05. The predicted molar refractivity (Wildman–Crippen MR) is 37.5 cm³/mol. The monoisotopic (exact) mass is 159 g/mol. The standard InChI is InChI=1S/C4H6O2.C3H5O2/c1-3-4(5)6-2;4-1-3-2-5-3/h3H,1H2,2H3;3H,1-2H2. The summed E-state index contributed by atoms with van der Waals surface area (Å²) in [5, 5.41) is 9.57. The molecule has 0 aromatic heterocycles. The Hall–Kier alpha value is -0.870. The number of esters is 1. The third-order valence-corrected chi connectivity index (χ3v) is 0.956. The van der Waals surface area contributed by atoms with Crippen molar-refractivity contribution in [1.29, 1.82) is 0 Å². The number of hydrogen-bond acceptors (Lipinski definition) is 3. The molecule has 0 aromatic carbocycles. The summed E-state index contributed by atoms with van der Waals surface area (Å²) >= 11 is 0. The Morgan fingerprint density at radius 2 is 2.45 bits per heavy atom. The van der Waals surface area contributed by atoms with Crippen LogP contribution in [-0.4, -0.2) is 32.4 Å². The lowest BCUT2D eigenvalue weighted by molar-refractivity contribution is -0.134. The van der Waals surface area contributed by atoms with Gasteiger partial charge in [0, 0.05) is 6.08 Å². The minimum atomic E-state index is -0.394. The quantitative estimate of drug-likeness (QED) is 0.327. The lowest BCUT2D eigenvalue weighted by atomic mass is 10.5. The molecule has 1 saturated heterocycles. The third-order valence-electron chi connectivity index (χ3n) is 0.956. The zero-order valence-electron chi connectivity index (χ0n) is 6.41. The zero-order valence-corrected chi connectivity index (χ0v) is 6.41. The Morgan fingerprint density at radius 3 is 2.45 bits per heavy atom. The van der Waals surface area contributed by atoms with E-state index in [2.05, 4.69) is 16.1 Å². The van der Waals surface area contributed by atoms with Gasteiger partial charge in [-0.1, -0.05) is 6.58 Å². The smallest absolute Gasteiger partial charge is 0.329 e. The van der Waals surface area contributed by atoms with Gasteiger partial charge in [0.25, 0.3) is 0 Å². The molecule has 1 unspecified atom stereocenters. The molecule has 0 bridgehead atoms. The highest BCUT2D eigenvalue weighted by atomic mass is 16.6. The summed E-state index contributed by atoms with van der Waals surface area (Å²) in [5.41, 5.74) is 0. The van der Waals surface area contributed by atoms with Crippen LogP contribution in [0.5, 0.6) is 0 Å². The van der Waals surface area contributed by atoms with E-state index in [1.807, 2.05) is 0 Å². The number of ether oxygens (including phenoxy) is 2. The van der Waals surface area contributed by atoms with Crippen molar-refractivity contribution in [1.82, 2.24) is 0 Å². The summed E-state index contributed by atoms with van der Waals surface area (Å²) in [4.78, 5) is 9.84. The largest absolute Gasteiger partial charge is 0.466 e. The van der Waals surface area contributed by atoms with Crippen molar-refractivity contribution in [2.45, 2.75) is 6.10 Å². The van der Waals surface area contributed by atoms with Crippen molar-refractivity contribution in [3.63, 3.8) is 0 Å². The highest BCUT2D eigenvalue weighted by Gasteiger charge is 2.20. The van der Waals surface area contributed by atoms with Crippen molar-refractivity contribution in [2.75, 3.05) is 20.3 Å². The van der Waals surface area contributed by atoms with Gasteiger partial charge < -0.3 is 9.47 Å². The van der Waals surface area contributed by atoms with Crippen LogP contribution >= 0.6 is 0 Å². The lowest BCUT2D eigenvalue weighted by Crippen LogP contribution is -1.91. The molecule has 1 atom stereocenters. The van der Waals surface area contributed by atoms with Gasteiger partial charge in [0.15, 0.2) is 0 Å². The Labute approximate surface area is 65.4 Å². The van der Waals surface area contributed by atoms with Crippen LogP contribution in [0.15, 0.2) is 12.7 Å².